The largest absolute Gasteiger partial charge is 0.288 e. The van der Waals surface area contributed by atoms with Gasteiger partial charge in [0.2, 0.25) is 10.0 Å². The summed E-state index contributed by atoms with van der Waals surface area (Å²) in [6.07, 6.45) is 0. The summed E-state index contributed by atoms with van der Waals surface area (Å²) in [6.45, 7) is 7.55. The summed E-state index contributed by atoms with van der Waals surface area (Å²) in [6, 6.07) is 3.47. The molecule has 0 aliphatic heterocycles. The molecule has 0 N–H and O–H groups in total. The molecule has 0 aromatic carbocycles. The second-order valence-corrected chi connectivity index (χ2v) is 7.61. The number of thiophene rings is 1. The molecular weight excluding hydrogens is 322 g/mol. The Morgan fingerprint density at radius 1 is 1.32 bits per heavy atom. The third-order valence-corrected chi connectivity index (χ3v) is 6.61. The Kier molecular flexibility index (Phi) is 4.84. The van der Waals surface area contributed by atoms with Gasteiger partial charge in [0.1, 0.15) is 4.90 Å². The van der Waals surface area contributed by atoms with Crippen molar-refractivity contribution in [2.45, 2.75) is 32.6 Å². The number of hydrogen-bond donors (Lipinski definition) is 0. The molecule has 120 valence electrons. The van der Waals surface area contributed by atoms with Crippen LogP contribution in [0, 0.1) is 13.8 Å². The zero-order chi connectivity index (χ0) is 16.5. The molecule has 0 radical (unpaired) electrons. The van der Waals surface area contributed by atoms with Crippen molar-refractivity contribution in [3.63, 3.8) is 0 Å². The van der Waals surface area contributed by atoms with E-state index in [0.29, 0.717) is 29.4 Å². The normalized spacial score (nSPS) is 12.0. The van der Waals surface area contributed by atoms with Gasteiger partial charge in [-0.25, -0.2) is 8.42 Å². The van der Waals surface area contributed by atoms with Crippen molar-refractivity contribution in [1.82, 2.24) is 14.1 Å². The molecule has 0 spiro atoms. The van der Waals surface area contributed by atoms with Crippen LogP contribution < -0.4 is 0 Å². The van der Waals surface area contributed by atoms with Gasteiger partial charge in [-0.05, 0) is 25.3 Å². The first-order chi connectivity index (χ1) is 10.3. The first-order valence-corrected chi connectivity index (χ1v) is 9.31. The van der Waals surface area contributed by atoms with Gasteiger partial charge >= 0.3 is 0 Å². The van der Waals surface area contributed by atoms with Crippen LogP contribution in [0.25, 0.3) is 0 Å². The minimum atomic E-state index is -3.64. The first-order valence-electron chi connectivity index (χ1n) is 6.99. The summed E-state index contributed by atoms with van der Waals surface area (Å²) in [5.41, 5.74) is 0.692. The van der Waals surface area contributed by atoms with Crippen LogP contribution in [0.5, 0.6) is 0 Å². The number of hydrogen-bond acceptors (Lipinski definition) is 5. The lowest BCUT2D eigenvalue weighted by molar-refractivity contribution is 0.0946. The van der Waals surface area contributed by atoms with Crippen LogP contribution in [-0.4, -0.2) is 41.5 Å². The minimum Gasteiger partial charge on any atom is -0.266 e. The van der Waals surface area contributed by atoms with E-state index in [9.17, 15) is 13.2 Å². The zero-order valence-corrected chi connectivity index (χ0v) is 14.7. The Morgan fingerprint density at radius 3 is 2.45 bits per heavy atom. The van der Waals surface area contributed by atoms with Crippen molar-refractivity contribution >= 4 is 27.3 Å². The second-order valence-electron chi connectivity index (χ2n) is 4.78. The lowest BCUT2D eigenvalue weighted by Gasteiger charge is -2.18. The molecule has 8 heteroatoms. The Morgan fingerprint density at radius 2 is 1.95 bits per heavy atom. The number of rotatable bonds is 5. The van der Waals surface area contributed by atoms with Gasteiger partial charge in [0.05, 0.1) is 16.3 Å². The highest BCUT2D eigenvalue weighted by molar-refractivity contribution is 7.89. The van der Waals surface area contributed by atoms with Crippen LogP contribution in [0.4, 0.5) is 0 Å². The molecule has 0 amide bonds. The van der Waals surface area contributed by atoms with E-state index in [0.717, 1.165) is 0 Å². The van der Waals surface area contributed by atoms with Gasteiger partial charge in [0.15, 0.2) is 0 Å². The van der Waals surface area contributed by atoms with Crippen molar-refractivity contribution in [2.75, 3.05) is 13.1 Å². The summed E-state index contributed by atoms with van der Waals surface area (Å²) in [4.78, 5) is 13.1. The van der Waals surface area contributed by atoms with Gasteiger partial charge in [-0.1, -0.05) is 19.9 Å². The molecule has 0 aliphatic rings. The molecule has 0 fully saturated rings. The third kappa shape index (κ3) is 2.73. The summed E-state index contributed by atoms with van der Waals surface area (Å²) in [5, 5.41) is 5.95. The third-order valence-electron chi connectivity index (χ3n) is 3.45. The molecule has 22 heavy (non-hydrogen) atoms. The fraction of sp³-hybridized carbons (Fsp3) is 0.429. The van der Waals surface area contributed by atoms with E-state index in [2.05, 4.69) is 5.10 Å². The molecule has 0 unspecified atom stereocenters. The molecule has 2 aromatic heterocycles. The number of aromatic nitrogens is 2. The predicted octanol–water partition coefficient (Wildman–Crippen LogP) is 2.28. The molecule has 0 saturated heterocycles. The Bertz CT molecular complexity index is 773. The number of nitrogens with zero attached hydrogens (tertiary/aromatic N) is 3. The van der Waals surface area contributed by atoms with E-state index < -0.39 is 10.0 Å². The summed E-state index contributed by atoms with van der Waals surface area (Å²) in [5.74, 6) is -0.309. The molecule has 6 nitrogen and oxygen atoms in total. The zero-order valence-electron chi connectivity index (χ0n) is 13.0. The number of carbonyl (C=O) groups is 1. The van der Waals surface area contributed by atoms with Gasteiger partial charge in [-0.2, -0.15) is 14.1 Å². The maximum atomic E-state index is 12.7. The Balaban J connectivity index is 2.55. The highest BCUT2D eigenvalue weighted by Gasteiger charge is 2.30. The average Bonchev–Trinajstić information content (AvgIpc) is 3.07. The number of sulfonamides is 1. The molecule has 2 rings (SSSR count). The van der Waals surface area contributed by atoms with Crippen molar-refractivity contribution in [1.29, 1.82) is 0 Å². The summed E-state index contributed by atoms with van der Waals surface area (Å²) < 4.78 is 28.0. The van der Waals surface area contributed by atoms with E-state index in [1.165, 1.54) is 20.3 Å². The fourth-order valence-electron chi connectivity index (χ4n) is 2.40. The van der Waals surface area contributed by atoms with Gasteiger partial charge in [-0.3, -0.25) is 4.79 Å². The molecule has 0 bridgehead atoms. The minimum absolute atomic E-state index is 0.126. The molecular formula is C14H19N3O3S2. The second kappa shape index (κ2) is 6.31. The van der Waals surface area contributed by atoms with Gasteiger partial charge in [-0.15, -0.1) is 11.3 Å². The van der Waals surface area contributed by atoms with Gasteiger partial charge < -0.3 is 0 Å². The maximum Gasteiger partial charge on any atom is 0.288 e. The molecule has 0 atom stereocenters. The summed E-state index contributed by atoms with van der Waals surface area (Å²) in [7, 11) is -3.64. The first kappa shape index (κ1) is 16.9. The number of aryl methyl sites for hydroxylation is 1. The lowest BCUT2D eigenvalue weighted by Crippen LogP contribution is -2.31. The Hall–Kier alpha value is -1.51. The molecule has 0 saturated carbocycles. The van der Waals surface area contributed by atoms with Crippen LogP contribution in [0.15, 0.2) is 22.4 Å². The molecule has 0 aliphatic carbocycles. The highest BCUT2D eigenvalue weighted by Crippen LogP contribution is 2.24. The highest BCUT2D eigenvalue weighted by atomic mass is 32.2. The lowest BCUT2D eigenvalue weighted by atomic mass is 10.4. The monoisotopic (exact) mass is 341 g/mol. The Labute approximate surface area is 134 Å². The van der Waals surface area contributed by atoms with Crippen LogP contribution >= 0.6 is 11.3 Å². The van der Waals surface area contributed by atoms with E-state index in [4.69, 9.17) is 0 Å². The van der Waals surface area contributed by atoms with E-state index >= 15 is 0 Å². The maximum absolute atomic E-state index is 12.7. The van der Waals surface area contributed by atoms with Gasteiger partial charge in [0.25, 0.3) is 5.91 Å². The van der Waals surface area contributed by atoms with E-state index in [-0.39, 0.29) is 10.8 Å². The van der Waals surface area contributed by atoms with Crippen LogP contribution in [0.3, 0.4) is 0 Å². The van der Waals surface area contributed by atoms with Crippen molar-refractivity contribution in [2.24, 2.45) is 0 Å². The predicted molar refractivity (Wildman–Crippen MR) is 85.9 cm³/mol. The quantitative estimate of drug-likeness (QED) is 0.836. The van der Waals surface area contributed by atoms with Crippen molar-refractivity contribution in [3.05, 3.63) is 33.8 Å². The SMILES string of the molecule is CCN(CC)S(=O)(=O)c1c(C)nn(C(=O)c2cccs2)c1C. The summed E-state index contributed by atoms with van der Waals surface area (Å²) >= 11 is 1.30. The standard InChI is InChI=1S/C14H19N3O3S2/c1-5-16(6-2)22(19,20)13-10(3)15-17(11(13)4)14(18)12-8-7-9-21-12/h7-9H,5-6H2,1-4H3. The molecule has 2 heterocycles. The van der Waals surface area contributed by atoms with Crippen LogP contribution in [-0.2, 0) is 10.0 Å². The fourth-order valence-corrected chi connectivity index (χ4v) is 4.86. The van der Waals surface area contributed by atoms with E-state index in [1.54, 1.807) is 45.2 Å². The smallest absolute Gasteiger partial charge is 0.266 e. The van der Waals surface area contributed by atoms with Crippen LogP contribution in [0.2, 0.25) is 0 Å². The average molecular weight is 341 g/mol. The van der Waals surface area contributed by atoms with E-state index in [1.807, 2.05) is 0 Å². The van der Waals surface area contributed by atoms with Crippen molar-refractivity contribution < 1.29 is 13.2 Å². The van der Waals surface area contributed by atoms with Crippen LogP contribution in [0.1, 0.15) is 34.9 Å². The van der Waals surface area contributed by atoms with Crippen molar-refractivity contribution in [3.8, 4) is 0 Å². The van der Waals surface area contributed by atoms with Gasteiger partial charge in [0, 0.05) is 13.1 Å². The molecule has 2 aromatic rings. The topological polar surface area (TPSA) is 72.3 Å². The number of carbonyl (C=O) groups excluding carboxylic acids is 1.